The Kier molecular flexibility index (Phi) is 6.91. The van der Waals surface area contributed by atoms with E-state index in [1.807, 2.05) is 43.5 Å². The number of thioether (sulfide) groups is 1. The largest absolute Gasteiger partial charge is 0.444 e. The van der Waals surface area contributed by atoms with Crippen molar-refractivity contribution in [3.05, 3.63) is 30.3 Å². The summed E-state index contributed by atoms with van der Waals surface area (Å²) in [5.74, 6) is 0.309. The molecule has 2 aliphatic rings. The molecule has 0 spiro atoms. The number of amides is 2. The van der Waals surface area contributed by atoms with Crippen LogP contribution in [0.3, 0.4) is 0 Å². The van der Waals surface area contributed by atoms with Crippen LogP contribution in [0.1, 0.15) is 46.5 Å². The summed E-state index contributed by atoms with van der Waals surface area (Å²) in [5.41, 5.74) is -0.480. The maximum Gasteiger partial charge on any atom is 0.410 e. The summed E-state index contributed by atoms with van der Waals surface area (Å²) in [6, 6.07) is 10.5. The molecule has 0 unspecified atom stereocenters. The lowest BCUT2D eigenvalue weighted by Gasteiger charge is -2.37. The minimum atomic E-state index is -0.480. The van der Waals surface area contributed by atoms with Gasteiger partial charge in [-0.05, 0) is 58.6 Å². The number of hydrogen-bond donors (Lipinski definition) is 0. The molecule has 2 amide bonds. The van der Waals surface area contributed by atoms with Gasteiger partial charge in [0, 0.05) is 42.2 Å². The predicted molar refractivity (Wildman–Crippen MR) is 112 cm³/mol. The second-order valence-electron chi connectivity index (χ2n) is 8.70. The Labute approximate surface area is 172 Å². The van der Waals surface area contributed by atoms with E-state index in [0.29, 0.717) is 18.3 Å². The Morgan fingerprint density at radius 1 is 0.929 bits per heavy atom. The number of nitrogens with zero attached hydrogens (tertiary/aromatic N) is 2. The number of carbonyl (C=O) groups excluding carboxylic acids is 2. The molecule has 0 atom stereocenters. The van der Waals surface area contributed by atoms with Crippen molar-refractivity contribution < 1.29 is 14.3 Å². The number of ether oxygens (including phenoxy) is 1. The van der Waals surface area contributed by atoms with Gasteiger partial charge in [-0.3, -0.25) is 4.79 Å². The molecule has 1 aromatic rings. The quantitative estimate of drug-likeness (QED) is 0.748. The Hall–Kier alpha value is -1.69. The van der Waals surface area contributed by atoms with Crippen molar-refractivity contribution in [1.82, 2.24) is 9.80 Å². The van der Waals surface area contributed by atoms with Crippen LogP contribution in [0.4, 0.5) is 4.79 Å². The number of likely N-dealkylation sites (tertiary alicyclic amines) is 2. The number of benzene rings is 1. The van der Waals surface area contributed by atoms with Gasteiger partial charge < -0.3 is 14.5 Å². The summed E-state index contributed by atoms with van der Waals surface area (Å²) < 4.78 is 5.44. The third kappa shape index (κ3) is 5.90. The van der Waals surface area contributed by atoms with Crippen molar-refractivity contribution in [3.8, 4) is 0 Å². The van der Waals surface area contributed by atoms with Gasteiger partial charge in [0.05, 0.1) is 0 Å². The third-order valence-electron chi connectivity index (χ3n) is 5.30. The Balaban J connectivity index is 1.42. The van der Waals surface area contributed by atoms with Crippen LogP contribution in [0.2, 0.25) is 0 Å². The fraction of sp³-hybridized carbons (Fsp3) is 0.636. The third-order valence-corrected chi connectivity index (χ3v) is 6.64. The Morgan fingerprint density at radius 2 is 1.50 bits per heavy atom. The molecule has 2 heterocycles. The van der Waals surface area contributed by atoms with E-state index in [4.69, 9.17) is 4.74 Å². The maximum absolute atomic E-state index is 12.9. The molecule has 0 bridgehead atoms. The summed E-state index contributed by atoms with van der Waals surface area (Å²) in [5, 5.41) is 0.584. The van der Waals surface area contributed by atoms with Crippen molar-refractivity contribution in [2.75, 3.05) is 26.2 Å². The summed E-state index contributed by atoms with van der Waals surface area (Å²) in [7, 11) is 0. The van der Waals surface area contributed by atoms with Gasteiger partial charge in [0.1, 0.15) is 5.60 Å². The highest BCUT2D eigenvalue weighted by atomic mass is 32.2. The molecule has 1 aromatic carbocycles. The Morgan fingerprint density at radius 3 is 2.07 bits per heavy atom. The van der Waals surface area contributed by atoms with E-state index in [9.17, 15) is 9.59 Å². The molecule has 0 aliphatic carbocycles. The smallest absolute Gasteiger partial charge is 0.410 e. The topological polar surface area (TPSA) is 49.9 Å². The van der Waals surface area contributed by atoms with Crippen LogP contribution in [0.25, 0.3) is 0 Å². The average molecular weight is 405 g/mol. The molecule has 3 rings (SSSR count). The van der Waals surface area contributed by atoms with Crippen LogP contribution in [0, 0.1) is 5.92 Å². The van der Waals surface area contributed by atoms with Gasteiger partial charge in [0.25, 0.3) is 0 Å². The molecular weight excluding hydrogens is 372 g/mol. The van der Waals surface area contributed by atoms with Gasteiger partial charge in [0.15, 0.2) is 0 Å². The van der Waals surface area contributed by atoms with Crippen molar-refractivity contribution in [1.29, 1.82) is 0 Å². The highest BCUT2D eigenvalue weighted by molar-refractivity contribution is 8.00. The molecule has 0 radical (unpaired) electrons. The fourth-order valence-electron chi connectivity index (χ4n) is 3.78. The first-order chi connectivity index (χ1) is 13.3. The number of rotatable bonds is 3. The lowest BCUT2D eigenvalue weighted by molar-refractivity contribution is -0.137. The van der Waals surface area contributed by atoms with Crippen LogP contribution >= 0.6 is 11.8 Å². The standard InChI is InChI=1S/C22H32N2O3S/c1-22(2,3)27-21(26)24-13-9-17(10-14-24)20(25)23-15-11-19(12-16-23)28-18-7-5-4-6-8-18/h4-8,17,19H,9-16H2,1-3H3. The van der Waals surface area contributed by atoms with E-state index in [0.717, 1.165) is 38.8 Å². The van der Waals surface area contributed by atoms with Crippen molar-refractivity contribution in [3.63, 3.8) is 0 Å². The van der Waals surface area contributed by atoms with Gasteiger partial charge in [-0.15, -0.1) is 11.8 Å². The summed E-state index contributed by atoms with van der Waals surface area (Å²) >= 11 is 1.93. The first-order valence-corrected chi connectivity index (χ1v) is 11.2. The van der Waals surface area contributed by atoms with Crippen LogP contribution in [0.5, 0.6) is 0 Å². The highest BCUT2D eigenvalue weighted by Gasteiger charge is 2.33. The zero-order valence-electron chi connectivity index (χ0n) is 17.2. The molecule has 2 fully saturated rings. The molecule has 6 heteroatoms. The zero-order chi connectivity index (χ0) is 20.1. The fourth-order valence-corrected chi connectivity index (χ4v) is 4.92. The number of hydrogen-bond acceptors (Lipinski definition) is 4. The van der Waals surface area contributed by atoms with E-state index in [-0.39, 0.29) is 17.9 Å². The van der Waals surface area contributed by atoms with Crippen LogP contribution in [-0.4, -0.2) is 58.8 Å². The highest BCUT2D eigenvalue weighted by Crippen LogP contribution is 2.31. The molecular formula is C22H32N2O3S. The predicted octanol–water partition coefficient (Wildman–Crippen LogP) is 4.42. The molecule has 0 aromatic heterocycles. The second kappa shape index (κ2) is 9.21. The van der Waals surface area contributed by atoms with E-state index >= 15 is 0 Å². The lowest BCUT2D eigenvalue weighted by Crippen LogP contribution is -2.47. The summed E-state index contributed by atoms with van der Waals surface area (Å²) in [6.45, 7) is 8.52. The van der Waals surface area contributed by atoms with Crippen molar-refractivity contribution in [2.24, 2.45) is 5.92 Å². The van der Waals surface area contributed by atoms with Crippen molar-refractivity contribution >= 4 is 23.8 Å². The normalized spacial score (nSPS) is 19.5. The minimum Gasteiger partial charge on any atom is -0.444 e. The molecule has 2 saturated heterocycles. The van der Waals surface area contributed by atoms with Gasteiger partial charge in [-0.2, -0.15) is 0 Å². The SMILES string of the molecule is CC(C)(C)OC(=O)N1CCC(C(=O)N2CCC(Sc3ccccc3)CC2)CC1. The Bertz CT molecular complexity index is 658. The molecule has 0 saturated carbocycles. The van der Waals surface area contributed by atoms with E-state index in [1.54, 1.807) is 4.90 Å². The van der Waals surface area contributed by atoms with Crippen molar-refractivity contribution in [2.45, 2.75) is 62.2 Å². The zero-order valence-corrected chi connectivity index (χ0v) is 18.0. The first kappa shape index (κ1) is 21.0. The lowest BCUT2D eigenvalue weighted by atomic mass is 9.94. The van der Waals surface area contributed by atoms with Crippen LogP contribution < -0.4 is 0 Å². The molecule has 5 nitrogen and oxygen atoms in total. The average Bonchev–Trinajstić information content (AvgIpc) is 2.68. The van der Waals surface area contributed by atoms with Gasteiger partial charge in [-0.25, -0.2) is 4.79 Å². The molecule has 154 valence electrons. The van der Waals surface area contributed by atoms with Gasteiger partial charge in [-0.1, -0.05) is 18.2 Å². The van der Waals surface area contributed by atoms with Crippen LogP contribution in [-0.2, 0) is 9.53 Å². The van der Waals surface area contributed by atoms with E-state index < -0.39 is 5.60 Å². The van der Waals surface area contributed by atoms with E-state index in [2.05, 4.69) is 24.3 Å². The van der Waals surface area contributed by atoms with Gasteiger partial charge in [0.2, 0.25) is 5.91 Å². The van der Waals surface area contributed by atoms with Gasteiger partial charge >= 0.3 is 6.09 Å². The second-order valence-corrected chi connectivity index (χ2v) is 10.1. The number of carbonyl (C=O) groups is 2. The summed E-state index contributed by atoms with van der Waals surface area (Å²) in [4.78, 5) is 30.2. The first-order valence-electron chi connectivity index (χ1n) is 10.3. The van der Waals surface area contributed by atoms with E-state index in [1.165, 1.54) is 4.90 Å². The monoisotopic (exact) mass is 404 g/mol. The van der Waals surface area contributed by atoms with Crippen LogP contribution in [0.15, 0.2) is 35.2 Å². The number of piperidine rings is 2. The molecule has 2 aliphatic heterocycles. The molecule has 28 heavy (non-hydrogen) atoms. The maximum atomic E-state index is 12.9. The summed E-state index contributed by atoms with van der Waals surface area (Å²) in [6.07, 6.45) is 3.29. The minimum absolute atomic E-state index is 0.0389. The molecule has 0 N–H and O–H groups in total.